The second kappa shape index (κ2) is 14.7. The van der Waals surface area contributed by atoms with Gasteiger partial charge in [0.2, 0.25) is 11.8 Å². The molecule has 1 aromatic rings. The second-order valence-electron chi connectivity index (χ2n) is 9.28. The number of nitrogens with two attached hydrogens (primary N) is 1. The molecule has 1 atom stereocenters. The van der Waals surface area contributed by atoms with Gasteiger partial charge in [0, 0.05) is 24.3 Å². The summed E-state index contributed by atoms with van der Waals surface area (Å²) >= 11 is 1.80. The van der Waals surface area contributed by atoms with Gasteiger partial charge in [0.25, 0.3) is 0 Å². The van der Waals surface area contributed by atoms with Crippen LogP contribution >= 0.6 is 24.2 Å². The predicted molar refractivity (Wildman–Crippen MR) is 138 cm³/mol. The lowest BCUT2D eigenvalue weighted by Crippen LogP contribution is -2.50. The highest BCUT2D eigenvalue weighted by molar-refractivity contribution is 7.99. The number of ether oxygens (including phenoxy) is 1. The molecule has 0 aliphatic heterocycles. The van der Waals surface area contributed by atoms with E-state index in [0.717, 1.165) is 48.7 Å². The Morgan fingerprint density at radius 2 is 1.73 bits per heavy atom. The molecule has 0 unspecified atom stereocenters. The summed E-state index contributed by atoms with van der Waals surface area (Å²) in [5.41, 5.74) is 6.99. The minimum absolute atomic E-state index is 0. The maximum absolute atomic E-state index is 13.0. The molecule has 1 aromatic carbocycles. The summed E-state index contributed by atoms with van der Waals surface area (Å²) in [6.45, 7) is 0.431. The van der Waals surface area contributed by atoms with Crippen LogP contribution in [0.5, 0.6) is 5.75 Å². The molecule has 0 bridgehead atoms. The summed E-state index contributed by atoms with van der Waals surface area (Å²) in [4.78, 5) is 25.9. The van der Waals surface area contributed by atoms with Crippen molar-refractivity contribution >= 4 is 36.0 Å². The first kappa shape index (κ1) is 27.8. The predicted octanol–water partition coefficient (Wildman–Crippen LogP) is 4.05. The molecular formula is C25H40ClN3O3S. The van der Waals surface area contributed by atoms with Crippen LogP contribution in [0, 0.1) is 11.8 Å². The van der Waals surface area contributed by atoms with Gasteiger partial charge in [0.15, 0.2) is 0 Å². The lowest BCUT2D eigenvalue weighted by Gasteiger charge is -2.27. The molecule has 33 heavy (non-hydrogen) atoms. The highest BCUT2D eigenvalue weighted by Gasteiger charge is 2.28. The summed E-state index contributed by atoms with van der Waals surface area (Å²) < 4.78 is 5.19. The van der Waals surface area contributed by atoms with E-state index in [2.05, 4.69) is 10.6 Å². The molecule has 0 aromatic heterocycles. The van der Waals surface area contributed by atoms with Crippen molar-refractivity contribution in [2.75, 3.05) is 18.6 Å². The van der Waals surface area contributed by atoms with E-state index in [1.54, 1.807) is 18.9 Å². The summed E-state index contributed by atoms with van der Waals surface area (Å²) in [7, 11) is 1.63. The van der Waals surface area contributed by atoms with E-state index in [-0.39, 0.29) is 36.2 Å². The Kier molecular flexibility index (Phi) is 12.4. The first-order chi connectivity index (χ1) is 15.5. The Bertz CT molecular complexity index is 720. The average Bonchev–Trinajstić information content (AvgIpc) is 2.83. The Labute approximate surface area is 209 Å². The van der Waals surface area contributed by atoms with Crippen molar-refractivity contribution in [1.82, 2.24) is 10.6 Å². The van der Waals surface area contributed by atoms with E-state index < -0.39 is 6.04 Å². The van der Waals surface area contributed by atoms with Gasteiger partial charge in [-0.05, 0) is 67.9 Å². The highest BCUT2D eigenvalue weighted by Crippen LogP contribution is 2.27. The molecule has 186 valence electrons. The Balaban J connectivity index is 0.00000385. The summed E-state index contributed by atoms with van der Waals surface area (Å²) in [6.07, 6.45) is 9.93. The van der Waals surface area contributed by atoms with Crippen LogP contribution in [0.25, 0.3) is 0 Å². The van der Waals surface area contributed by atoms with Crippen molar-refractivity contribution < 1.29 is 14.3 Å². The maximum atomic E-state index is 13.0. The molecule has 4 N–H and O–H groups in total. The van der Waals surface area contributed by atoms with Gasteiger partial charge < -0.3 is 21.1 Å². The maximum Gasteiger partial charge on any atom is 0.243 e. The Morgan fingerprint density at radius 3 is 2.36 bits per heavy atom. The van der Waals surface area contributed by atoms with Crippen LogP contribution in [0.2, 0.25) is 0 Å². The zero-order valence-corrected chi connectivity index (χ0v) is 21.4. The van der Waals surface area contributed by atoms with Gasteiger partial charge in [-0.1, -0.05) is 31.4 Å². The van der Waals surface area contributed by atoms with Gasteiger partial charge in [-0.25, -0.2) is 0 Å². The van der Waals surface area contributed by atoms with Crippen molar-refractivity contribution in [3.8, 4) is 5.75 Å². The monoisotopic (exact) mass is 497 g/mol. The standard InChI is InChI=1S/C25H39N3O3S.ClH/c1-31-22-13-7-18(8-14-22)15-27-25(30)23(17-32-16-19-5-3-2-4-6-19)28-24(29)20-9-11-21(26)12-10-20;/h7-8,13-14,19-21,23H,2-6,9-12,15-17,26H2,1H3,(H,27,30)(H,28,29);1H/t20?,21?,23-;/m0./s1. The van der Waals surface area contributed by atoms with Crippen molar-refractivity contribution in [3.05, 3.63) is 29.8 Å². The number of halogens is 1. The zero-order valence-electron chi connectivity index (χ0n) is 19.7. The van der Waals surface area contributed by atoms with E-state index in [1.165, 1.54) is 32.1 Å². The van der Waals surface area contributed by atoms with Crippen LogP contribution in [0.15, 0.2) is 24.3 Å². The number of benzene rings is 1. The molecule has 3 rings (SSSR count). The van der Waals surface area contributed by atoms with E-state index >= 15 is 0 Å². The van der Waals surface area contributed by atoms with Crippen LogP contribution in [0.1, 0.15) is 63.4 Å². The number of thioether (sulfide) groups is 1. The third-order valence-corrected chi connectivity index (χ3v) is 8.04. The number of nitrogens with one attached hydrogen (secondary N) is 2. The fraction of sp³-hybridized carbons (Fsp3) is 0.680. The van der Waals surface area contributed by atoms with Gasteiger partial charge >= 0.3 is 0 Å². The van der Waals surface area contributed by atoms with E-state index in [9.17, 15) is 9.59 Å². The molecule has 2 aliphatic carbocycles. The molecule has 2 fully saturated rings. The number of hydrogen-bond donors (Lipinski definition) is 3. The Morgan fingerprint density at radius 1 is 1.06 bits per heavy atom. The van der Waals surface area contributed by atoms with Crippen LogP contribution in [-0.2, 0) is 16.1 Å². The first-order valence-electron chi connectivity index (χ1n) is 12.1. The Hall–Kier alpha value is -1.44. The van der Waals surface area contributed by atoms with Crippen LogP contribution in [0.3, 0.4) is 0 Å². The number of rotatable bonds is 10. The fourth-order valence-electron chi connectivity index (χ4n) is 4.62. The zero-order chi connectivity index (χ0) is 22.8. The number of carbonyl (C=O) groups excluding carboxylic acids is 2. The second-order valence-corrected chi connectivity index (χ2v) is 10.4. The number of hydrogen-bond acceptors (Lipinski definition) is 5. The molecule has 0 radical (unpaired) electrons. The number of amides is 2. The molecule has 6 nitrogen and oxygen atoms in total. The molecule has 0 spiro atoms. The van der Waals surface area contributed by atoms with E-state index in [0.29, 0.717) is 12.3 Å². The van der Waals surface area contributed by atoms with E-state index in [1.807, 2.05) is 24.3 Å². The third kappa shape index (κ3) is 9.38. The van der Waals surface area contributed by atoms with Gasteiger partial charge in [0.05, 0.1) is 7.11 Å². The number of methoxy groups -OCH3 is 1. The largest absolute Gasteiger partial charge is 0.497 e. The van der Waals surface area contributed by atoms with Gasteiger partial charge in [-0.3, -0.25) is 9.59 Å². The van der Waals surface area contributed by atoms with Crippen LogP contribution in [0.4, 0.5) is 0 Å². The lowest BCUT2D eigenvalue weighted by molar-refractivity contribution is -0.131. The van der Waals surface area contributed by atoms with E-state index in [4.69, 9.17) is 10.5 Å². The summed E-state index contributed by atoms with van der Waals surface area (Å²) in [5, 5.41) is 6.07. The fourth-order valence-corrected chi connectivity index (χ4v) is 5.89. The average molecular weight is 498 g/mol. The minimum atomic E-state index is -0.509. The molecular weight excluding hydrogens is 458 g/mol. The van der Waals surface area contributed by atoms with Gasteiger partial charge in [-0.2, -0.15) is 11.8 Å². The molecule has 2 amide bonds. The van der Waals surface area contributed by atoms with Gasteiger partial charge in [0.1, 0.15) is 11.8 Å². The molecule has 0 heterocycles. The van der Waals surface area contributed by atoms with Crippen molar-refractivity contribution in [2.45, 2.75) is 76.4 Å². The smallest absolute Gasteiger partial charge is 0.243 e. The molecule has 2 saturated carbocycles. The molecule has 0 saturated heterocycles. The summed E-state index contributed by atoms with van der Waals surface area (Å²) in [5.74, 6) is 3.07. The highest BCUT2D eigenvalue weighted by atomic mass is 35.5. The molecule has 2 aliphatic rings. The first-order valence-corrected chi connectivity index (χ1v) is 13.2. The van der Waals surface area contributed by atoms with Crippen molar-refractivity contribution in [1.29, 1.82) is 0 Å². The van der Waals surface area contributed by atoms with Crippen LogP contribution < -0.4 is 21.1 Å². The summed E-state index contributed by atoms with van der Waals surface area (Å²) in [6, 6.07) is 7.34. The minimum Gasteiger partial charge on any atom is -0.497 e. The quantitative estimate of drug-likeness (QED) is 0.453. The van der Waals surface area contributed by atoms with Gasteiger partial charge in [-0.15, -0.1) is 12.4 Å². The normalized spacial score (nSPS) is 22.0. The number of carbonyl (C=O) groups is 2. The third-order valence-electron chi connectivity index (χ3n) is 6.76. The lowest BCUT2D eigenvalue weighted by atomic mass is 9.86. The van der Waals surface area contributed by atoms with Crippen molar-refractivity contribution in [2.24, 2.45) is 17.6 Å². The van der Waals surface area contributed by atoms with Crippen molar-refractivity contribution in [3.63, 3.8) is 0 Å². The van der Waals surface area contributed by atoms with Crippen LogP contribution in [-0.4, -0.2) is 42.5 Å². The SMILES string of the molecule is COc1ccc(CNC(=O)[C@H](CSCC2CCCCC2)NC(=O)C2CCC(N)CC2)cc1.Cl. The topological polar surface area (TPSA) is 93.5 Å². The molecule has 8 heteroatoms.